The summed E-state index contributed by atoms with van der Waals surface area (Å²) in [5.41, 5.74) is 2.41. The molecule has 0 aliphatic rings. The van der Waals surface area contributed by atoms with Gasteiger partial charge in [0, 0.05) is 6.42 Å². The van der Waals surface area contributed by atoms with Crippen molar-refractivity contribution in [2.24, 2.45) is 0 Å². The normalized spacial score (nSPS) is 10.9. The molecule has 0 atom stereocenters. The Morgan fingerprint density at radius 2 is 1.95 bits per heavy atom. The van der Waals surface area contributed by atoms with Gasteiger partial charge >= 0.3 is 6.01 Å². The highest BCUT2D eigenvalue weighted by Crippen LogP contribution is 2.17. The third kappa shape index (κ3) is 4.69. The maximum atomic E-state index is 11.6. The van der Waals surface area contributed by atoms with Crippen LogP contribution in [0, 0.1) is 0 Å². The van der Waals surface area contributed by atoms with Crippen LogP contribution in [0.3, 0.4) is 0 Å². The van der Waals surface area contributed by atoms with Crippen LogP contribution in [0.4, 0.5) is 6.01 Å². The summed E-state index contributed by atoms with van der Waals surface area (Å²) in [6.07, 6.45) is 2.88. The first kappa shape index (κ1) is 16.2. The highest BCUT2D eigenvalue weighted by molar-refractivity contribution is 5.88. The molecule has 0 radical (unpaired) electrons. The standard InChI is InChI=1S/C17H23N3O2/c1-4-5-6-15(21)18-17-20-19-16(22-17)11-13-7-9-14(10-8-13)12(2)3/h7-10,12H,4-6,11H2,1-3H3,(H,18,20,21). The molecular formula is C17H23N3O2. The number of benzene rings is 1. The lowest BCUT2D eigenvalue weighted by Crippen LogP contribution is -2.11. The Hall–Kier alpha value is -2.17. The van der Waals surface area contributed by atoms with E-state index in [0.717, 1.165) is 18.4 Å². The molecule has 1 N–H and O–H groups in total. The van der Waals surface area contributed by atoms with E-state index in [-0.39, 0.29) is 11.9 Å². The van der Waals surface area contributed by atoms with E-state index in [1.807, 2.05) is 6.92 Å². The molecule has 2 rings (SSSR count). The third-order valence-corrected chi connectivity index (χ3v) is 3.47. The zero-order chi connectivity index (χ0) is 15.9. The quantitative estimate of drug-likeness (QED) is 0.841. The van der Waals surface area contributed by atoms with Crippen LogP contribution in [-0.2, 0) is 11.2 Å². The summed E-state index contributed by atoms with van der Waals surface area (Å²) in [7, 11) is 0. The average molecular weight is 301 g/mol. The molecule has 0 saturated heterocycles. The van der Waals surface area contributed by atoms with Crippen molar-refractivity contribution in [3.8, 4) is 0 Å². The van der Waals surface area contributed by atoms with Crippen molar-refractivity contribution >= 4 is 11.9 Å². The minimum Gasteiger partial charge on any atom is -0.407 e. The number of nitrogens with zero attached hydrogens (tertiary/aromatic N) is 2. The highest BCUT2D eigenvalue weighted by Gasteiger charge is 2.10. The third-order valence-electron chi connectivity index (χ3n) is 3.47. The van der Waals surface area contributed by atoms with Crippen molar-refractivity contribution < 1.29 is 9.21 Å². The summed E-state index contributed by atoms with van der Waals surface area (Å²) < 4.78 is 5.46. The predicted octanol–water partition coefficient (Wildman–Crippen LogP) is 3.91. The Morgan fingerprint density at radius 3 is 2.59 bits per heavy atom. The monoisotopic (exact) mass is 301 g/mol. The zero-order valence-corrected chi connectivity index (χ0v) is 13.4. The molecule has 5 heteroatoms. The molecule has 1 aromatic heterocycles. The SMILES string of the molecule is CCCCC(=O)Nc1nnc(Cc2ccc(C(C)C)cc2)o1. The zero-order valence-electron chi connectivity index (χ0n) is 13.4. The molecule has 1 amide bonds. The van der Waals surface area contributed by atoms with E-state index < -0.39 is 0 Å². The first-order chi connectivity index (χ1) is 10.6. The fourth-order valence-corrected chi connectivity index (χ4v) is 2.09. The van der Waals surface area contributed by atoms with E-state index in [4.69, 9.17) is 4.42 Å². The van der Waals surface area contributed by atoms with Gasteiger partial charge in [-0.15, -0.1) is 5.10 Å². The minimum atomic E-state index is -0.0849. The lowest BCUT2D eigenvalue weighted by molar-refractivity contribution is -0.116. The fraction of sp³-hybridized carbons (Fsp3) is 0.471. The summed E-state index contributed by atoms with van der Waals surface area (Å²) in [6, 6.07) is 8.54. The van der Waals surface area contributed by atoms with Gasteiger partial charge in [-0.05, 0) is 23.5 Å². The summed E-state index contributed by atoms with van der Waals surface area (Å²) in [4.78, 5) is 11.6. The van der Waals surface area contributed by atoms with Gasteiger partial charge in [0.2, 0.25) is 11.8 Å². The fourth-order valence-electron chi connectivity index (χ4n) is 2.09. The Labute approximate surface area is 131 Å². The number of carbonyl (C=O) groups excluding carboxylic acids is 1. The first-order valence-corrected chi connectivity index (χ1v) is 7.79. The predicted molar refractivity (Wildman–Crippen MR) is 85.8 cm³/mol. The molecule has 0 saturated carbocycles. The number of amides is 1. The Balaban J connectivity index is 1.92. The number of unbranched alkanes of at least 4 members (excludes halogenated alkanes) is 1. The molecule has 5 nitrogen and oxygen atoms in total. The first-order valence-electron chi connectivity index (χ1n) is 7.79. The van der Waals surface area contributed by atoms with E-state index in [2.05, 4.69) is 53.6 Å². The van der Waals surface area contributed by atoms with Gasteiger partial charge < -0.3 is 4.42 Å². The van der Waals surface area contributed by atoms with Crippen molar-refractivity contribution in [2.45, 2.75) is 52.4 Å². The number of nitrogens with one attached hydrogen (secondary N) is 1. The number of hydrogen-bond acceptors (Lipinski definition) is 4. The molecule has 0 spiro atoms. The van der Waals surface area contributed by atoms with Crippen LogP contribution in [0.25, 0.3) is 0 Å². The van der Waals surface area contributed by atoms with E-state index in [1.165, 1.54) is 5.56 Å². The maximum absolute atomic E-state index is 11.6. The van der Waals surface area contributed by atoms with Crippen LogP contribution in [0.2, 0.25) is 0 Å². The van der Waals surface area contributed by atoms with Gasteiger partial charge in [0.25, 0.3) is 0 Å². The molecule has 0 aliphatic carbocycles. The van der Waals surface area contributed by atoms with E-state index in [9.17, 15) is 4.79 Å². The van der Waals surface area contributed by atoms with Gasteiger partial charge in [-0.3, -0.25) is 10.1 Å². The molecule has 2 aromatic rings. The van der Waals surface area contributed by atoms with E-state index in [1.54, 1.807) is 0 Å². The van der Waals surface area contributed by atoms with Crippen molar-refractivity contribution in [2.75, 3.05) is 5.32 Å². The minimum absolute atomic E-state index is 0.0849. The van der Waals surface area contributed by atoms with Crippen molar-refractivity contribution in [3.05, 3.63) is 41.3 Å². The van der Waals surface area contributed by atoms with Gasteiger partial charge in [0.1, 0.15) is 0 Å². The molecule has 0 bridgehead atoms. The molecule has 0 fully saturated rings. The Kier molecular flexibility index (Phi) is 5.69. The molecular weight excluding hydrogens is 278 g/mol. The van der Waals surface area contributed by atoms with E-state index >= 15 is 0 Å². The van der Waals surface area contributed by atoms with Gasteiger partial charge in [-0.2, -0.15) is 0 Å². The van der Waals surface area contributed by atoms with Gasteiger partial charge in [-0.25, -0.2) is 0 Å². The van der Waals surface area contributed by atoms with Crippen LogP contribution < -0.4 is 5.32 Å². The summed E-state index contributed by atoms with van der Waals surface area (Å²) in [5, 5.41) is 10.5. The second-order valence-electron chi connectivity index (χ2n) is 5.73. The summed E-state index contributed by atoms with van der Waals surface area (Å²) >= 11 is 0. The largest absolute Gasteiger partial charge is 0.407 e. The molecule has 0 aliphatic heterocycles. The molecule has 0 unspecified atom stereocenters. The summed E-state index contributed by atoms with van der Waals surface area (Å²) in [6.45, 7) is 6.38. The molecule has 22 heavy (non-hydrogen) atoms. The van der Waals surface area contributed by atoms with Crippen LogP contribution >= 0.6 is 0 Å². The van der Waals surface area contributed by atoms with Gasteiger partial charge in [0.05, 0.1) is 6.42 Å². The van der Waals surface area contributed by atoms with Crippen molar-refractivity contribution in [3.63, 3.8) is 0 Å². The average Bonchev–Trinajstić information content (AvgIpc) is 2.92. The Morgan fingerprint density at radius 1 is 1.23 bits per heavy atom. The smallest absolute Gasteiger partial charge is 0.322 e. The van der Waals surface area contributed by atoms with Crippen LogP contribution in [0.5, 0.6) is 0 Å². The number of hydrogen-bond donors (Lipinski definition) is 1. The Bertz CT molecular complexity index is 603. The molecule has 1 aromatic carbocycles. The molecule has 118 valence electrons. The lowest BCUT2D eigenvalue weighted by atomic mass is 10.0. The lowest BCUT2D eigenvalue weighted by Gasteiger charge is -2.05. The van der Waals surface area contributed by atoms with Crippen LogP contribution in [0.1, 0.15) is 63.0 Å². The molecule has 1 heterocycles. The van der Waals surface area contributed by atoms with E-state index in [0.29, 0.717) is 24.7 Å². The maximum Gasteiger partial charge on any atom is 0.322 e. The number of rotatable bonds is 7. The van der Waals surface area contributed by atoms with Crippen LogP contribution in [-0.4, -0.2) is 16.1 Å². The summed E-state index contributed by atoms with van der Waals surface area (Å²) in [5.74, 6) is 0.934. The van der Waals surface area contributed by atoms with Gasteiger partial charge in [0.15, 0.2) is 0 Å². The second kappa shape index (κ2) is 7.73. The number of anilines is 1. The van der Waals surface area contributed by atoms with Gasteiger partial charge in [-0.1, -0.05) is 56.6 Å². The second-order valence-corrected chi connectivity index (χ2v) is 5.73. The number of carbonyl (C=O) groups is 1. The number of aromatic nitrogens is 2. The highest BCUT2D eigenvalue weighted by atomic mass is 16.4. The topological polar surface area (TPSA) is 68.0 Å². The van der Waals surface area contributed by atoms with Crippen LogP contribution in [0.15, 0.2) is 28.7 Å². The van der Waals surface area contributed by atoms with Crippen molar-refractivity contribution in [1.29, 1.82) is 0 Å². The van der Waals surface area contributed by atoms with Crippen molar-refractivity contribution in [1.82, 2.24) is 10.2 Å².